The Morgan fingerprint density at radius 3 is 2.50 bits per heavy atom. The van der Waals surface area contributed by atoms with Crippen LogP contribution in [0.25, 0.3) is 11.1 Å². The van der Waals surface area contributed by atoms with E-state index >= 15 is 0 Å². The molecule has 120 valence electrons. The Morgan fingerprint density at radius 1 is 1.04 bits per heavy atom. The molecule has 2 aromatic carbocycles. The maximum absolute atomic E-state index is 11.1. The maximum atomic E-state index is 11.1. The zero-order valence-electron chi connectivity index (χ0n) is 12.6. The molecule has 0 spiro atoms. The van der Waals surface area contributed by atoms with Gasteiger partial charge in [-0.1, -0.05) is 41.9 Å². The van der Waals surface area contributed by atoms with Crippen molar-refractivity contribution < 1.29 is 14.6 Å². The summed E-state index contributed by atoms with van der Waals surface area (Å²) in [5, 5.41) is 9.48. The first-order valence-corrected chi connectivity index (χ1v) is 7.66. The van der Waals surface area contributed by atoms with Crippen LogP contribution in [0.3, 0.4) is 0 Å². The van der Waals surface area contributed by atoms with Crippen molar-refractivity contribution in [2.45, 2.75) is 6.61 Å². The molecule has 0 amide bonds. The SMILES string of the molecule is O=C(O)c1cc(Cl)cc(-c2ccc(OCc3ccccc3)nc2)c1. The number of hydrogen-bond donors (Lipinski definition) is 1. The van der Waals surface area contributed by atoms with Crippen LogP contribution in [0.1, 0.15) is 15.9 Å². The first-order valence-electron chi connectivity index (χ1n) is 7.29. The fourth-order valence-electron chi connectivity index (χ4n) is 2.25. The van der Waals surface area contributed by atoms with Crippen LogP contribution in [0.2, 0.25) is 5.02 Å². The molecule has 0 radical (unpaired) electrons. The lowest BCUT2D eigenvalue weighted by atomic mass is 10.0. The lowest BCUT2D eigenvalue weighted by molar-refractivity contribution is 0.0697. The van der Waals surface area contributed by atoms with Gasteiger partial charge in [0, 0.05) is 22.8 Å². The summed E-state index contributed by atoms with van der Waals surface area (Å²) in [6.07, 6.45) is 1.64. The number of benzene rings is 2. The molecule has 24 heavy (non-hydrogen) atoms. The Balaban J connectivity index is 1.76. The van der Waals surface area contributed by atoms with Crippen LogP contribution in [0.5, 0.6) is 5.88 Å². The van der Waals surface area contributed by atoms with Gasteiger partial charge in [0.05, 0.1) is 5.56 Å². The Labute approximate surface area is 144 Å². The number of hydrogen-bond acceptors (Lipinski definition) is 3. The second-order valence-corrected chi connectivity index (χ2v) is 5.63. The number of carboxylic acids is 1. The zero-order chi connectivity index (χ0) is 16.9. The van der Waals surface area contributed by atoms with E-state index in [2.05, 4.69) is 4.98 Å². The molecule has 0 aliphatic heterocycles. The van der Waals surface area contributed by atoms with Crippen molar-refractivity contribution in [3.8, 4) is 17.0 Å². The molecule has 0 saturated heterocycles. The predicted octanol–water partition coefficient (Wildman–Crippen LogP) is 4.68. The zero-order valence-corrected chi connectivity index (χ0v) is 13.4. The quantitative estimate of drug-likeness (QED) is 0.733. The second-order valence-electron chi connectivity index (χ2n) is 5.19. The first kappa shape index (κ1) is 16.0. The summed E-state index contributed by atoms with van der Waals surface area (Å²) in [6.45, 7) is 0.438. The Bertz CT molecular complexity index is 848. The van der Waals surface area contributed by atoms with Crippen LogP contribution in [0.4, 0.5) is 0 Å². The monoisotopic (exact) mass is 339 g/mol. The summed E-state index contributed by atoms with van der Waals surface area (Å²) in [4.78, 5) is 15.4. The third-order valence-electron chi connectivity index (χ3n) is 3.44. The number of aromatic nitrogens is 1. The van der Waals surface area contributed by atoms with Crippen molar-refractivity contribution in [3.05, 3.63) is 83.0 Å². The summed E-state index contributed by atoms with van der Waals surface area (Å²) in [5.74, 6) is -0.516. The second kappa shape index (κ2) is 7.15. The number of halogens is 1. The Hall–Kier alpha value is -2.85. The molecule has 1 N–H and O–H groups in total. The molecule has 0 aliphatic rings. The van der Waals surface area contributed by atoms with E-state index in [-0.39, 0.29) is 5.56 Å². The van der Waals surface area contributed by atoms with Gasteiger partial charge in [0.15, 0.2) is 0 Å². The molecule has 0 bridgehead atoms. The molecule has 0 unspecified atom stereocenters. The number of carbonyl (C=O) groups is 1. The fraction of sp³-hybridized carbons (Fsp3) is 0.0526. The summed E-state index contributed by atoms with van der Waals surface area (Å²) >= 11 is 5.98. The predicted molar refractivity (Wildman–Crippen MR) is 92.4 cm³/mol. The van der Waals surface area contributed by atoms with Gasteiger partial charge in [-0.15, -0.1) is 0 Å². The standard InChI is InChI=1S/C19H14ClNO3/c20-17-9-15(8-16(10-17)19(22)23)14-6-7-18(21-11-14)24-12-13-4-2-1-3-5-13/h1-11H,12H2,(H,22,23). The fourth-order valence-corrected chi connectivity index (χ4v) is 2.48. The number of nitrogens with zero attached hydrogens (tertiary/aromatic N) is 1. The average molecular weight is 340 g/mol. The summed E-state index contributed by atoms with van der Waals surface area (Å²) in [5.41, 5.74) is 2.67. The van der Waals surface area contributed by atoms with Crippen molar-refractivity contribution in [2.24, 2.45) is 0 Å². The largest absolute Gasteiger partial charge is 0.478 e. The molecule has 3 rings (SSSR count). The van der Waals surface area contributed by atoms with Gasteiger partial charge in [0.1, 0.15) is 6.61 Å². The minimum absolute atomic E-state index is 0.141. The molecule has 0 fully saturated rings. The molecular formula is C19H14ClNO3. The van der Waals surface area contributed by atoms with E-state index in [1.54, 1.807) is 24.4 Å². The Kier molecular flexibility index (Phi) is 4.77. The smallest absolute Gasteiger partial charge is 0.335 e. The van der Waals surface area contributed by atoms with Crippen LogP contribution >= 0.6 is 11.6 Å². The third kappa shape index (κ3) is 3.91. The molecule has 5 heteroatoms. The van der Waals surface area contributed by atoms with Crippen LogP contribution in [-0.4, -0.2) is 16.1 Å². The van der Waals surface area contributed by atoms with Gasteiger partial charge in [-0.2, -0.15) is 0 Å². The van der Waals surface area contributed by atoms with E-state index < -0.39 is 5.97 Å². The van der Waals surface area contributed by atoms with Gasteiger partial charge in [-0.3, -0.25) is 0 Å². The molecule has 0 saturated carbocycles. The molecule has 4 nitrogen and oxygen atoms in total. The van der Waals surface area contributed by atoms with Gasteiger partial charge in [0.2, 0.25) is 5.88 Å². The van der Waals surface area contributed by atoms with Crippen LogP contribution in [0, 0.1) is 0 Å². The highest BCUT2D eigenvalue weighted by atomic mass is 35.5. The molecule has 0 aliphatic carbocycles. The van der Waals surface area contributed by atoms with Crippen LogP contribution < -0.4 is 4.74 Å². The minimum Gasteiger partial charge on any atom is -0.478 e. The van der Waals surface area contributed by atoms with E-state index in [9.17, 15) is 4.79 Å². The van der Waals surface area contributed by atoms with E-state index in [0.29, 0.717) is 23.1 Å². The van der Waals surface area contributed by atoms with Gasteiger partial charge >= 0.3 is 5.97 Å². The van der Waals surface area contributed by atoms with Gasteiger partial charge in [-0.05, 0) is 35.4 Å². The number of pyridine rings is 1. The van der Waals surface area contributed by atoms with Crippen molar-refractivity contribution in [1.29, 1.82) is 0 Å². The van der Waals surface area contributed by atoms with E-state index in [1.165, 1.54) is 6.07 Å². The molecule has 1 aromatic heterocycles. The molecular weight excluding hydrogens is 326 g/mol. The van der Waals surface area contributed by atoms with Crippen molar-refractivity contribution in [1.82, 2.24) is 4.98 Å². The molecule has 1 heterocycles. The first-order chi connectivity index (χ1) is 11.6. The van der Waals surface area contributed by atoms with Gasteiger partial charge in [0.25, 0.3) is 0 Å². The number of carboxylic acid groups (broad SMARTS) is 1. The normalized spacial score (nSPS) is 10.4. The van der Waals surface area contributed by atoms with Crippen molar-refractivity contribution >= 4 is 17.6 Å². The highest BCUT2D eigenvalue weighted by Crippen LogP contribution is 2.25. The summed E-state index contributed by atoms with van der Waals surface area (Å²) < 4.78 is 5.64. The van der Waals surface area contributed by atoms with Gasteiger partial charge in [-0.25, -0.2) is 9.78 Å². The number of aromatic carboxylic acids is 1. The summed E-state index contributed by atoms with van der Waals surface area (Å²) in [6, 6.07) is 18.1. The maximum Gasteiger partial charge on any atom is 0.335 e. The molecule has 3 aromatic rings. The highest BCUT2D eigenvalue weighted by Gasteiger charge is 2.08. The highest BCUT2D eigenvalue weighted by molar-refractivity contribution is 6.31. The van der Waals surface area contributed by atoms with E-state index in [4.69, 9.17) is 21.4 Å². The van der Waals surface area contributed by atoms with Crippen molar-refractivity contribution in [3.63, 3.8) is 0 Å². The lowest BCUT2D eigenvalue weighted by Gasteiger charge is -2.07. The van der Waals surface area contributed by atoms with Crippen LogP contribution in [-0.2, 0) is 6.61 Å². The number of rotatable bonds is 5. The topological polar surface area (TPSA) is 59.4 Å². The van der Waals surface area contributed by atoms with E-state index in [0.717, 1.165) is 11.1 Å². The minimum atomic E-state index is -1.02. The van der Waals surface area contributed by atoms with Crippen molar-refractivity contribution in [2.75, 3.05) is 0 Å². The lowest BCUT2D eigenvalue weighted by Crippen LogP contribution is -1.98. The average Bonchev–Trinajstić information content (AvgIpc) is 2.61. The third-order valence-corrected chi connectivity index (χ3v) is 3.66. The van der Waals surface area contributed by atoms with Crippen LogP contribution in [0.15, 0.2) is 66.9 Å². The summed E-state index contributed by atoms with van der Waals surface area (Å²) in [7, 11) is 0. The molecule has 0 atom stereocenters. The number of ether oxygens (including phenoxy) is 1. The van der Waals surface area contributed by atoms with E-state index in [1.807, 2.05) is 36.4 Å². The van der Waals surface area contributed by atoms with Gasteiger partial charge < -0.3 is 9.84 Å². The Morgan fingerprint density at radius 2 is 1.83 bits per heavy atom.